The van der Waals surface area contributed by atoms with Gasteiger partial charge in [0, 0.05) is 0 Å². The highest BCUT2D eigenvalue weighted by molar-refractivity contribution is 5.86. The molecule has 0 nitrogen and oxygen atoms in total. The summed E-state index contributed by atoms with van der Waals surface area (Å²) in [5.74, 6) is 0. The molecule has 0 amide bonds. The zero-order valence-electron chi connectivity index (χ0n) is 15.1. The smallest absolute Gasteiger partial charge is 0.0713 e. The van der Waals surface area contributed by atoms with Crippen molar-refractivity contribution in [3.63, 3.8) is 0 Å². The van der Waals surface area contributed by atoms with Crippen molar-refractivity contribution in [3.05, 3.63) is 132 Å². The maximum Gasteiger partial charge on any atom is 0.0713 e. The normalized spacial score (nSPS) is 18.1. The fraction of sp³-hybridized carbons (Fsp3) is 0.0769. The highest BCUT2D eigenvalue weighted by Crippen LogP contribution is 2.56. The molecule has 26 heavy (non-hydrogen) atoms. The summed E-state index contributed by atoms with van der Waals surface area (Å²) in [6.07, 6.45) is 5.93. The van der Waals surface area contributed by atoms with E-state index in [0.717, 1.165) is 5.57 Å². The third-order valence-corrected chi connectivity index (χ3v) is 5.36. The van der Waals surface area contributed by atoms with E-state index in [-0.39, 0.29) is 5.41 Å². The van der Waals surface area contributed by atoms with Crippen LogP contribution in [0.1, 0.15) is 22.3 Å². The zero-order chi connectivity index (χ0) is 18.1. The summed E-state index contributed by atoms with van der Waals surface area (Å²) in [7, 11) is 0. The predicted octanol–water partition coefficient (Wildman–Crippen LogP) is 6.61. The monoisotopic (exact) mass is 334 g/mol. The van der Waals surface area contributed by atoms with Crippen LogP contribution in [0.15, 0.2) is 110 Å². The van der Waals surface area contributed by atoms with E-state index in [1.54, 1.807) is 0 Å². The first kappa shape index (κ1) is 16.4. The first-order valence-electron chi connectivity index (χ1n) is 8.95. The Morgan fingerprint density at radius 1 is 0.808 bits per heavy atom. The van der Waals surface area contributed by atoms with Crippen LogP contribution in [0.4, 0.5) is 0 Å². The number of aryl methyl sites for hydroxylation is 1. The molecule has 1 atom stereocenters. The highest BCUT2D eigenvalue weighted by Gasteiger charge is 2.46. The van der Waals surface area contributed by atoms with Crippen molar-refractivity contribution in [2.75, 3.05) is 0 Å². The lowest BCUT2D eigenvalue weighted by atomic mass is 9.67. The molecule has 0 fully saturated rings. The average Bonchev–Trinajstić information content (AvgIpc) is 2.97. The van der Waals surface area contributed by atoms with Crippen molar-refractivity contribution in [1.29, 1.82) is 0 Å². The van der Waals surface area contributed by atoms with Crippen LogP contribution in [0.25, 0.3) is 11.1 Å². The molecule has 0 radical (unpaired) electrons. The summed E-state index contributed by atoms with van der Waals surface area (Å²) in [5.41, 5.74) is 8.52. The Hall–Kier alpha value is -3.12. The molecular formula is C26H22. The maximum atomic E-state index is 4.15. The molecule has 1 unspecified atom stereocenters. The van der Waals surface area contributed by atoms with Crippen LogP contribution in [0.5, 0.6) is 0 Å². The molecule has 1 aliphatic rings. The molecule has 3 aromatic rings. The van der Waals surface area contributed by atoms with Crippen molar-refractivity contribution in [3.8, 4) is 11.1 Å². The van der Waals surface area contributed by atoms with E-state index in [1.807, 2.05) is 12.2 Å². The fourth-order valence-electron chi connectivity index (χ4n) is 4.34. The van der Waals surface area contributed by atoms with Gasteiger partial charge in [0.25, 0.3) is 0 Å². The van der Waals surface area contributed by atoms with E-state index in [4.69, 9.17) is 0 Å². The third kappa shape index (κ3) is 2.16. The van der Waals surface area contributed by atoms with Crippen LogP contribution in [0, 0.1) is 6.92 Å². The molecular weight excluding hydrogens is 312 g/mol. The van der Waals surface area contributed by atoms with Gasteiger partial charge in [-0.1, -0.05) is 110 Å². The molecule has 0 N–H and O–H groups in total. The summed E-state index contributed by atoms with van der Waals surface area (Å²) in [6, 6.07) is 26.2. The van der Waals surface area contributed by atoms with Crippen molar-refractivity contribution in [2.45, 2.75) is 12.3 Å². The first-order valence-corrected chi connectivity index (χ1v) is 8.95. The van der Waals surface area contributed by atoms with Crippen LogP contribution in [-0.2, 0) is 5.41 Å². The number of allylic oxidation sites excluding steroid dienone is 4. The van der Waals surface area contributed by atoms with Gasteiger partial charge in [0.05, 0.1) is 5.41 Å². The van der Waals surface area contributed by atoms with Gasteiger partial charge in [-0.25, -0.2) is 0 Å². The van der Waals surface area contributed by atoms with Gasteiger partial charge < -0.3 is 0 Å². The Balaban J connectivity index is 2.22. The molecule has 126 valence electrons. The second-order valence-electron chi connectivity index (χ2n) is 6.77. The van der Waals surface area contributed by atoms with Gasteiger partial charge in [-0.2, -0.15) is 0 Å². The van der Waals surface area contributed by atoms with E-state index in [1.165, 1.54) is 33.4 Å². The molecule has 3 aromatic carbocycles. The van der Waals surface area contributed by atoms with Gasteiger partial charge in [0.2, 0.25) is 0 Å². The predicted molar refractivity (Wildman–Crippen MR) is 111 cm³/mol. The molecule has 0 heterocycles. The number of hydrogen-bond acceptors (Lipinski definition) is 0. The minimum Gasteiger partial charge on any atom is -0.0991 e. The SMILES string of the molecule is C=C/C=C(\C=C)C1(c2ccccc2)c2ccccc2-c2ccc(C)cc21. The number of fused-ring (bicyclic) bond motifs is 3. The zero-order valence-corrected chi connectivity index (χ0v) is 15.1. The van der Waals surface area contributed by atoms with Crippen LogP contribution in [-0.4, -0.2) is 0 Å². The minimum atomic E-state index is -0.366. The number of hydrogen-bond donors (Lipinski definition) is 0. The minimum absolute atomic E-state index is 0.366. The molecule has 0 aromatic heterocycles. The van der Waals surface area contributed by atoms with E-state index in [2.05, 4.69) is 99.0 Å². The molecule has 0 heteroatoms. The molecule has 0 bridgehead atoms. The van der Waals surface area contributed by atoms with E-state index in [9.17, 15) is 0 Å². The molecule has 1 aliphatic carbocycles. The Labute approximate surface area is 155 Å². The Bertz CT molecular complexity index is 1020. The van der Waals surface area contributed by atoms with Gasteiger partial charge in [0.1, 0.15) is 0 Å². The standard InChI is InChI=1S/C26H22/c1-4-11-20(5-2)26(21-12-7-6-8-13-21)24-15-10-9-14-22(24)23-17-16-19(3)18-25(23)26/h4-18H,1-2H2,3H3/b20-11+. The van der Waals surface area contributed by atoms with E-state index in [0.29, 0.717) is 0 Å². The quantitative estimate of drug-likeness (QED) is 0.471. The van der Waals surface area contributed by atoms with Crippen molar-refractivity contribution in [1.82, 2.24) is 0 Å². The van der Waals surface area contributed by atoms with Crippen LogP contribution < -0.4 is 0 Å². The lowest BCUT2D eigenvalue weighted by molar-refractivity contribution is 0.766. The van der Waals surface area contributed by atoms with Gasteiger partial charge in [-0.05, 0) is 40.3 Å². The lowest BCUT2D eigenvalue weighted by Crippen LogP contribution is -2.29. The van der Waals surface area contributed by atoms with Crippen molar-refractivity contribution < 1.29 is 0 Å². The van der Waals surface area contributed by atoms with E-state index < -0.39 is 0 Å². The van der Waals surface area contributed by atoms with Crippen LogP contribution >= 0.6 is 0 Å². The fourth-order valence-corrected chi connectivity index (χ4v) is 4.34. The van der Waals surface area contributed by atoms with Crippen molar-refractivity contribution >= 4 is 0 Å². The molecule has 0 spiro atoms. The third-order valence-electron chi connectivity index (χ3n) is 5.36. The Morgan fingerprint density at radius 3 is 2.23 bits per heavy atom. The molecule has 4 rings (SSSR count). The topological polar surface area (TPSA) is 0 Å². The maximum absolute atomic E-state index is 4.15. The summed E-state index contributed by atoms with van der Waals surface area (Å²) in [6.45, 7) is 10.3. The molecule has 0 saturated carbocycles. The van der Waals surface area contributed by atoms with Crippen molar-refractivity contribution in [2.24, 2.45) is 0 Å². The van der Waals surface area contributed by atoms with Gasteiger partial charge >= 0.3 is 0 Å². The first-order chi connectivity index (χ1) is 12.7. The summed E-state index contributed by atoms with van der Waals surface area (Å²) in [5, 5.41) is 0. The van der Waals surface area contributed by atoms with Gasteiger partial charge in [0.15, 0.2) is 0 Å². The lowest BCUT2D eigenvalue weighted by Gasteiger charge is -2.34. The Morgan fingerprint density at radius 2 is 1.50 bits per heavy atom. The molecule has 0 saturated heterocycles. The number of rotatable bonds is 4. The summed E-state index contributed by atoms with van der Waals surface area (Å²) < 4.78 is 0. The van der Waals surface area contributed by atoms with E-state index >= 15 is 0 Å². The Kier molecular flexibility index (Phi) is 3.97. The second kappa shape index (κ2) is 6.31. The number of benzene rings is 3. The van der Waals surface area contributed by atoms with Gasteiger partial charge in [-0.3, -0.25) is 0 Å². The van der Waals surface area contributed by atoms with Crippen LogP contribution in [0.3, 0.4) is 0 Å². The summed E-state index contributed by atoms with van der Waals surface area (Å²) in [4.78, 5) is 0. The molecule has 0 aliphatic heterocycles. The highest BCUT2D eigenvalue weighted by atomic mass is 14.5. The van der Waals surface area contributed by atoms with Crippen LogP contribution in [0.2, 0.25) is 0 Å². The second-order valence-corrected chi connectivity index (χ2v) is 6.77. The largest absolute Gasteiger partial charge is 0.0991 e. The van der Waals surface area contributed by atoms with Gasteiger partial charge in [-0.15, -0.1) is 0 Å². The summed E-state index contributed by atoms with van der Waals surface area (Å²) >= 11 is 0. The average molecular weight is 334 g/mol.